The first-order valence-electron chi connectivity index (χ1n) is 10.8. The van der Waals surface area contributed by atoms with Gasteiger partial charge in [0, 0.05) is 31.6 Å². The van der Waals surface area contributed by atoms with E-state index < -0.39 is 29.5 Å². The third-order valence-electron chi connectivity index (χ3n) is 5.10. The molecule has 2 aromatic carbocycles. The molecule has 196 valence electrons. The number of nitrogens with one attached hydrogen (secondary N) is 3. The summed E-state index contributed by atoms with van der Waals surface area (Å²) in [6.45, 7) is 0. The molecule has 2 heterocycles. The van der Waals surface area contributed by atoms with Crippen molar-refractivity contribution in [1.82, 2.24) is 15.1 Å². The van der Waals surface area contributed by atoms with E-state index in [1.54, 1.807) is 6.07 Å². The Labute approximate surface area is 212 Å². The van der Waals surface area contributed by atoms with Crippen LogP contribution in [0.4, 0.5) is 33.7 Å². The van der Waals surface area contributed by atoms with Crippen molar-refractivity contribution in [3.05, 3.63) is 95.5 Å². The van der Waals surface area contributed by atoms with Gasteiger partial charge in [0.25, 0.3) is 5.69 Å². The molecule has 0 unspecified atom stereocenters. The summed E-state index contributed by atoms with van der Waals surface area (Å²) in [6.07, 6.45) is -0.730. The van der Waals surface area contributed by atoms with E-state index in [9.17, 15) is 32.4 Å². The molecule has 0 saturated heterocycles. The lowest BCUT2D eigenvalue weighted by Crippen LogP contribution is -2.37. The number of carbonyl (C=O) groups is 2. The fourth-order valence-corrected chi connectivity index (χ4v) is 3.32. The van der Waals surface area contributed by atoms with Crippen LogP contribution < -0.4 is 25.4 Å². The minimum absolute atomic E-state index is 0.0150. The molecule has 0 spiro atoms. The van der Waals surface area contributed by atoms with Gasteiger partial charge in [-0.2, -0.15) is 23.0 Å². The predicted molar refractivity (Wildman–Crippen MR) is 126 cm³/mol. The van der Waals surface area contributed by atoms with E-state index in [1.807, 2.05) is 0 Å². The van der Waals surface area contributed by atoms with Gasteiger partial charge in [-0.25, -0.2) is 13.9 Å². The van der Waals surface area contributed by atoms with Crippen LogP contribution in [0.1, 0.15) is 16.1 Å². The molecule has 4 aromatic rings. The second-order valence-electron chi connectivity index (χ2n) is 7.66. The number of carbonyl (C=O) groups excluding carboxylic acids is 2. The molecule has 0 bridgehead atoms. The number of hydrogen-bond donors (Lipinski definition) is 3. The molecule has 0 radical (unpaired) electrons. The van der Waals surface area contributed by atoms with E-state index in [0.29, 0.717) is 4.73 Å². The van der Waals surface area contributed by atoms with Gasteiger partial charge in [0.2, 0.25) is 0 Å². The maximum Gasteiger partial charge on any atom is 0.416 e. The van der Waals surface area contributed by atoms with Gasteiger partial charge >= 0.3 is 18.1 Å². The van der Waals surface area contributed by atoms with Crippen LogP contribution in [-0.2, 0) is 6.18 Å². The Balaban J connectivity index is 1.51. The first kappa shape index (κ1) is 25.9. The molecule has 0 aliphatic heterocycles. The van der Waals surface area contributed by atoms with E-state index >= 15 is 0 Å². The van der Waals surface area contributed by atoms with Gasteiger partial charge in [0.05, 0.1) is 28.7 Å². The summed E-state index contributed by atoms with van der Waals surface area (Å²) < 4.78 is 61.5. The molecule has 3 N–H and O–H groups in total. The molecule has 0 atom stereocenters. The molecule has 38 heavy (non-hydrogen) atoms. The van der Waals surface area contributed by atoms with Gasteiger partial charge in [-0.05, 0) is 36.4 Å². The number of hydrogen-bond acceptors (Lipinski definition) is 5. The van der Waals surface area contributed by atoms with Crippen molar-refractivity contribution in [2.24, 2.45) is 0 Å². The van der Waals surface area contributed by atoms with Gasteiger partial charge in [-0.3, -0.25) is 4.79 Å². The van der Waals surface area contributed by atoms with Crippen molar-refractivity contribution in [2.75, 3.05) is 17.7 Å². The number of rotatable bonds is 6. The normalized spacial score (nSPS) is 11.1. The average Bonchev–Trinajstić information content (AvgIpc) is 3.40. The summed E-state index contributed by atoms with van der Waals surface area (Å²) >= 11 is 0. The number of amides is 3. The highest BCUT2D eigenvalue weighted by Gasteiger charge is 2.31. The molecule has 10 nitrogen and oxygen atoms in total. The van der Waals surface area contributed by atoms with Gasteiger partial charge in [0.1, 0.15) is 17.3 Å². The van der Waals surface area contributed by atoms with E-state index in [2.05, 4.69) is 21.0 Å². The molecule has 0 saturated carbocycles. The highest BCUT2D eigenvalue weighted by Crippen LogP contribution is 2.33. The lowest BCUT2D eigenvalue weighted by Gasteiger charge is -2.15. The number of urea groups is 1. The van der Waals surface area contributed by atoms with Gasteiger partial charge in [-0.15, -0.1) is 0 Å². The van der Waals surface area contributed by atoms with Crippen LogP contribution in [0.15, 0.2) is 73.2 Å². The zero-order valence-electron chi connectivity index (χ0n) is 19.4. The van der Waals surface area contributed by atoms with Crippen LogP contribution >= 0.6 is 0 Å². The first-order valence-corrected chi connectivity index (χ1v) is 10.8. The number of pyridine rings is 1. The first-order chi connectivity index (χ1) is 18.0. The summed E-state index contributed by atoms with van der Waals surface area (Å²) in [7, 11) is 1.35. The van der Waals surface area contributed by atoms with Crippen LogP contribution in [0.25, 0.3) is 5.69 Å². The van der Waals surface area contributed by atoms with Gasteiger partial charge in [0.15, 0.2) is 6.20 Å². The number of aromatic nitrogens is 3. The predicted octanol–water partition coefficient (Wildman–Crippen LogP) is 4.46. The fraction of sp³-hybridized carbons (Fsp3) is 0.0833. The summed E-state index contributed by atoms with van der Waals surface area (Å²) in [5, 5.41) is 22.5. The highest BCUT2D eigenvalue weighted by molar-refractivity contribution is 6.01. The van der Waals surface area contributed by atoms with Crippen molar-refractivity contribution in [2.45, 2.75) is 6.18 Å². The van der Waals surface area contributed by atoms with Crippen LogP contribution in [0.2, 0.25) is 0 Å². The Bertz CT molecular complexity index is 1490. The molecule has 0 aliphatic carbocycles. The minimum atomic E-state index is -4.66. The van der Waals surface area contributed by atoms with Crippen molar-refractivity contribution in [3.8, 4) is 17.2 Å². The quantitative estimate of drug-likeness (QED) is 0.193. The van der Waals surface area contributed by atoms with Crippen LogP contribution in [0.5, 0.6) is 11.5 Å². The van der Waals surface area contributed by atoms with E-state index in [1.165, 1.54) is 42.3 Å². The molecular weight excluding hydrogens is 512 g/mol. The summed E-state index contributed by atoms with van der Waals surface area (Å²) in [5.74, 6) is -1.52. The smallest absolute Gasteiger partial charge is 0.416 e. The summed E-state index contributed by atoms with van der Waals surface area (Å²) in [4.78, 5) is 24.3. The molecule has 14 heteroatoms. The van der Waals surface area contributed by atoms with Gasteiger partial charge in [-0.1, -0.05) is 0 Å². The van der Waals surface area contributed by atoms with Crippen molar-refractivity contribution >= 4 is 23.3 Å². The largest absolute Gasteiger partial charge is 0.618 e. The second kappa shape index (κ2) is 10.5. The Morgan fingerprint density at radius 2 is 1.76 bits per heavy atom. The Morgan fingerprint density at radius 3 is 2.42 bits per heavy atom. The fourth-order valence-electron chi connectivity index (χ4n) is 3.32. The Morgan fingerprint density at radius 1 is 1.03 bits per heavy atom. The Kier molecular flexibility index (Phi) is 7.14. The number of anilines is 2. The minimum Gasteiger partial charge on any atom is -0.618 e. The number of benzene rings is 2. The average molecular weight is 530 g/mol. The number of nitrogens with zero attached hydrogens (tertiary/aromatic N) is 3. The molecular formula is C24H18F4N6O4. The maximum absolute atomic E-state index is 14.7. The zero-order valence-corrected chi connectivity index (χ0v) is 19.4. The standard InChI is InChI=1S/C24H18F4N6O4/c1-29-22(35)21-13-16(7-10-34(21)37)38-15-4-5-18(17(25)12-15)31-23(36)32-19-11-14(24(26,27)28)3-6-20(19)33-9-2-8-30-33/h2-13H,1H3,(H,29,35)(H2,31,32,36). The maximum atomic E-state index is 14.7. The van der Waals surface area contributed by atoms with Gasteiger partial charge < -0.3 is 25.9 Å². The highest BCUT2D eigenvalue weighted by atomic mass is 19.4. The molecule has 4 rings (SSSR count). The zero-order chi connectivity index (χ0) is 27.4. The topological polar surface area (TPSA) is 124 Å². The number of ether oxygens (including phenoxy) is 1. The molecule has 2 aromatic heterocycles. The molecule has 0 aliphatic rings. The molecule has 3 amide bonds. The monoisotopic (exact) mass is 530 g/mol. The molecule has 0 fully saturated rings. The number of alkyl halides is 3. The van der Waals surface area contributed by atoms with Crippen molar-refractivity contribution in [1.29, 1.82) is 0 Å². The third-order valence-corrected chi connectivity index (χ3v) is 5.10. The lowest BCUT2D eigenvalue weighted by atomic mass is 10.1. The summed E-state index contributed by atoms with van der Waals surface area (Å²) in [6, 6.07) is 9.10. The van der Waals surface area contributed by atoms with E-state index in [0.717, 1.165) is 36.5 Å². The van der Waals surface area contributed by atoms with Crippen molar-refractivity contribution < 1.29 is 36.6 Å². The lowest BCUT2D eigenvalue weighted by molar-refractivity contribution is -0.607. The Hall–Kier alpha value is -5.14. The van der Waals surface area contributed by atoms with Crippen LogP contribution in [-0.4, -0.2) is 28.8 Å². The summed E-state index contributed by atoms with van der Waals surface area (Å²) in [5.41, 5.74) is -1.60. The van der Waals surface area contributed by atoms with Crippen LogP contribution in [0, 0.1) is 11.0 Å². The second-order valence-corrected chi connectivity index (χ2v) is 7.66. The van der Waals surface area contributed by atoms with E-state index in [-0.39, 0.29) is 34.3 Å². The number of halogens is 4. The SMILES string of the molecule is CNC(=O)c1cc(Oc2ccc(NC(=O)Nc3cc(C(F)(F)F)ccc3-n3cccn3)c(F)c2)cc[n+]1[O-]. The van der Waals surface area contributed by atoms with E-state index in [4.69, 9.17) is 4.74 Å². The van der Waals surface area contributed by atoms with Crippen LogP contribution in [0.3, 0.4) is 0 Å². The van der Waals surface area contributed by atoms with Crippen molar-refractivity contribution in [3.63, 3.8) is 0 Å². The third kappa shape index (κ3) is 5.80.